The van der Waals surface area contributed by atoms with Gasteiger partial charge in [0.1, 0.15) is 5.75 Å². The lowest BCUT2D eigenvalue weighted by molar-refractivity contribution is -0.130. The number of ether oxygens (including phenoxy) is 2. The fraction of sp³-hybridized carbons (Fsp3) is 0.300. The van der Waals surface area contributed by atoms with Gasteiger partial charge in [0.15, 0.2) is 11.5 Å². The SMILES string of the molecule is COc1ccc(C2C(C(=O)c3ccco3)=C(O)C(=O)N2CCOCCO)cc1. The van der Waals surface area contributed by atoms with Gasteiger partial charge < -0.3 is 29.0 Å². The average molecular weight is 387 g/mol. The molecule has 0 saturated heterocycles. The second kappa shape index (κ2) is 8.73. The number of hydrogen-bond donors (Lipinski definition) is 2. The number of carbonyl (C=O) groups is 2. The van der Waals surface area contributed by atoms with E-state index in [0.717, 1.165) is 0 Å². The second-order valence-electron chi connectivity index (χ2n) is 6.08. The molecule has 3 rings (SSSR count). The summed E-state index contributed by atoms with van der Waals surface area (Å²) in [6.45, 7) is 0.275. The van der Waals surface area contributed by atoms with Crippen LogP contribution in [0.25, 0.3) is 0 Å². The van der Waals surface area contributed by atoms with Crippen LogP contribution >= 0.6 is 0 Å². The summed E-state index contributed by atoms with van der Waals surface area (Å²) in [5.41, 5.74) is 0.586. The van der Waals surface area contributed by atoms with Crippen LogP contribution in [-0.4, -0.2) is 60.3 Å². The Morgan fingerprint density at radius 1 is 1.21 bits per heavy atom. The van der Waals surface area contributed by atoms with Crippen molar-refractivity contribution in [2.45, 2.75) is 6.04 Å². The van der Waals surface area contributed by atoms with Crippen molar-refractivity contribution in [2.75, 3.05) is 33.5 Å². The maximum absolute atomic E-state index is 12.9. The third-order valence-electron chi connectivity index (χ3n) is 4.44. The summed E-state index contributed by atoms with van der Waals surface area (Å²) >= 11 is 0. The molecule has 1 aliphatic heterocycles. The molecular formula is C20H21NO7. The van der Waals surface area contributed by atoms with E-state index in [1.165, 1.54) is 24.3 Å². The zero-order chi connectivity index (χ0) is 20.1. The van der Waals surface area contributed by atoms with E-state index in [1.54, 1.807) is 30.3 Å². The van der Waals surface area contributed by atoms with E-state index in [4.69, 9.17) is 19.0 Å². The highest BCUT2D eigenvalue weighted by molar-refractivity contribution is 6.15. The normalized spacial score (nSPS) is 16.7. The summed E-state index contributed by atoms with van der Waals surface area (Å²) in [6.07, 6.45) is 1.35. The number of aliphatic hydroxyl groups excluding tert-OH is 2. The molecule has 1 unspecified atom stereocenters. The van der Waals surface area contributed by atoms with Crippen LogP contribution in [0.5, 0.6) is 5.75 Å². The molecule has 0 radical (unpaired) electrons. The van der Waals surface area contributed by atoms with Gasteiger partial charge >= 0.3 is 0 Å². The van der Waals surface area contributed by atoms with E-state index < -0.39 is 23.5 Å². The first-order valence-electron chi connectivity index (χ1n) is 8.73. The number of nitrogens with zero attached hydrogens (tertiary/aromatic N) is 1. The minimum Gasteiger partial charge on any atom is -0.503 e. The number of Topliss-reactive ketones (excluding diaryl/α,β-unsaturated/α-hetero) is 1. The van der Waals surface area contributed by atoms with Gasteiger partial charge in [0.05, 0.1) is 44.8 Å². The molecule has 0 fully saturated rings. The first-order chi connectivity index (χ1) is 13.6. The number of ketones is 1. The third kappa shape index (κ3) is 3.78. The molecule has 2 aromatic rings. The highest BCUT2D eigenvalue weighted by Gasteiger charge is 2.44. The van der Waals surface area contributed by atoms with E-state index in [9.17, 15) is 14.7 Å². The van der Waals surface area contributed by atoms with Crippen LogP contribution in [-0.2, 0) is 9.53 Å². The molecule has 8 nitrogen and oxygen atoms in total. The van der Waals surface area contributed by atoms with Crippen molar-refractivity contribution < 1.29 is 33.7 Å². The van der Waals surface area contributed by atoms with Crippen molar-refractivity contribution >= 4 is 11.7 Å². The molecule has 1 aliphatic rings. The molecule has 8 heteroatoms. The zero-order valence-corrected chi connectivity index (χ0v) is 15.3. The molecule has 1 amide bonds. The van der Waals surface area contributed by atoms with E-state index in [0.29, 0.717) is 11.3 Å². The van der Waals surface area contributed by atoms with Crippen LogP contribution in [0, 0.1) is 0 Å². The number of furan rings is 1. The lowest BCUT2D eigenvalue weighted by Crippen LogP contribution is -2.34. The number of hydrogen-bond acceptors (Lipinski definition) is 7. The molecule has 1 atom stereocenters. The summed E-state index contributed by atoms with van der Waals surface area (Å²) in [5.74, 6) is -1.17. The van der Waals surface area contributed by atoms with Crippen LogP contribution in [0.3, 0.4) is 0 Å². The van der Waals surface area contributed by atoms with Crippen LogP contribution in [0.15, 0.2) is 58.4 Å². The topological polar surface area (TPSA) is 109 Å². The van der Waals surface area contributed by atoms with E-state index in [-0.39, 0.29) is 37.7 Å². The molecule has 0 spiro atoms. The largest absolute Gasteiger partial charge is 0.503 e. The van der Waals surface area contributed by atoms with Crippen molar-refractivity contribution in [3.05, 3.63) is 65.3 Å². The Hall–Kier alpha value is -3.10. The number of benzene rings is 1. The summed E-state index contributed by atoms with van der Waals surface area (Å²) in [7, 11) is 1.54. The van der Waals surface area contributed by atoms with Gasteiger partial charge in [0.25, 0.3) is 5.91 Å². The van der Waals surface area contributed by atoms with Gasteiger partial charge in [-0.1, -0.05) is 12.1 Å². The number of methoxy groups -OCH3 is 1. The highest BCUT2D eigenvalue weighted by atomic mass is 16.5. The number of amides is 1. The summed E-state index contributed by atoms with van der Waals surface area (Å²) in [5, 5.41) is 19.3. The summed E-state index contributed by atoms with van der Waals surface area (Å²) in [4.78, 5) is 26.9. The van der Waals surface area contributed by atoms with Gasteiger partial charge in [-0.25, -0.2) is 0 Å². The number of carbonyl (C=O) groups excluding carboxylic acids is 2. The highest BCUT2D eigenvalue weighted by Crippen LogP contribution is 2.39. The molecule has 28 heavy (non-hydrogen) atoms. The van der Waals surface area contributed by atoms with Crippen LogP contribution < -0.4 is 4.74 Å². The van der Waals surface area contributed by atoms with Gasteiger partial charge in [-0.3, -0.25) is 9.59 Å². The molecule has 1 aromatic heterocycles. The van der Waals surface area contributed by atoms with Gasteiger partial charge in [-0.2, -0.15) is 0 Å². The Balaban J connectivity index is 1.96. The first kappa shape index (κ1) is 19.7. The van der Waals surface area contributed by atoms with Crippen molar-refractivity contribution in [3.8, 4) is 5.75 Å². The van der Waals surface area contributed by atoms with Crippen LogP contribution in [0.2, 0.25) is 0 Å². The third-order valence-corrected chi connectivity index (χ3v) is 4.44. The molecule has 148 valence electrons. The number of aliphatic hydroxyl groups is 2. The van der Waals surface area contributed by atoms with Crippen molar-refractivity contribution in [1.82, 2.24) is 4.90 Å². The minimum atomic E-state index is -0.797. The summed E-state index contributed by atoms with van der Waals surface area (Å²) < 4.78 is 15.6. The zero-order valence-electron chi connectivity index (χ0n) is 15.3. The van der Waals surface area contributed by atoms with Gasteiger partial charge in [-0.05, 0) is 29.8 Å². The van der Waals surface area contributed by atoms with Crippen molar-refractivity contribution in [3.63, 3.8) is 0 Å². The molecule has 0 aliphatic carbocycles. The molecule has 0 bridgehead atoms. The molecule has 2 heterocycles. The lowest BCUT2D eigenvalue weighted by atomic mass is 9.95. The van der Waals surface area contributed by atoms with E-state index in [1.807, 2.05) is 0 Å². The summed E-state index contributed by atoms with van der Waals surface area (Å²) in [6, 6.07) is 9.12. The maximum Gasteiger partial charge on any atom is 0.290 e. The Morgan fingerprint density at radius 2 is 1.96 bits per heavy atom. The standard InChI is InChI=1S/C20H21NO7/c1-26-14-6-4-13(5-7-14)17-16(18(23)15-3-2-10-28-15)19(24)20(25)21(17)8-11-27-12-9-22/h2-7,10,17,22,24H,8-9,11-12H2,1H3. The van der Waals surface area contributed by atoms with E-state index >= 15 is 0 Å². The average Bonchev–Trinajstić information content (AvgIpc) is 3.33. The number of rotatable bonds is 9. The maximum atomic E-state index is 12.9. The van der Waals surface area contributed by atoms with Crippen molar-refractivity contribution in [2.24, 2.45) is 0 Å². The minimum absolute atomic E-state index is 0.0336. The fourth-order valence-corrected chi connectivity index (χ4v) is 3.12. The molecule has 2 N–H and O–H groups in total. The fourth-order valence-electron chi connectivity index (χ4n) is 3.12. The lowest BCUT2D eigenvalue weighted by Gasteiger charge is -2.26. The Kier molecular flexibility index (Phi) is 6.13. The van der Waals surface area contributed by atoms with E-state index in [2.05, 4.69) is 0 Å². The molecular weight excluding hydrogens is 366 g/mol. The Morgan fingerprint density at radius 3 is 2.57 bits per heavy atom. The van der Waals surface area contributed by atoms with Gasteiger partial charge in [0, 0.05) is 6.54 Å². The second-order valence-corrected chi connectivity index (χ2v) is 6.08. The predicted octanol–water partition coefficient (Wildman–Crippen LogP) is 1.88. The Bertz CT molecular complexity index is 855. The monoisotopic (exact) mass is 387 g/mol. The van der Waals surface area contributed by atoms with Gasteiger partial charge in [0.2, 0.25) is 5.78 Å². The quantitative estimate of drug-likeness (QED) is 0.499. The van der Waals surface area contributed by atoms with Crippen LogP contribution in [0.1, 0.15) is 22.2 Å². The van der Waals surface area contributed by atoms with Crippen LogP contribution in [0.4, 0.5) is 0 Å². The van der Waals surface area contributed by atoms with Gasteiger partial charge in [-0.15, -0.1) is 0 Å². The smallest absolute Gasteiger partial charge is 0.290 e. The Labute approximate surface area is 161 Å². The first-order valence-corrected chi connectivity index (χ1v) is 8.73. The molecule has 0 saturated carbocycles. The molecule has 1 aromatic carbocycles. The predicted molar refractivity (Wildman–Crippen MR) is 98.0 cm³/mol. The van der Waals surface area contributed by atoms with Crippen molar-refractivity contribution in [1.29, 1.82) is 0 Å².